The van der Waals surface area contributed by atoms with Crippen LogP contribution in [0.4, 0.5) is 0 Å². The zero-order chi connectivity index (χ0) is 11.4. The Kier molecular flexibility index (Phi) is 5.66. The lowest BCUT2D eigenvalue weighted by molar-refractivity contribution is -0.154. The summed E-state index contributed by atoms with van der Waals surface area (Å²) in [5.41, 5.74) is 0. The van der Waals surface area contributed by atoms with Crippen LogP contribution in [0.25, 0.3) is 0 Å². The molecule has 0 spiro atoms. The molecule has 0 aromatic carbocycles. The first-order chi connectivity index (χ1) is 6.32. The van der Waals surface area contributed by atoms with Crippen LogP contribution in [0.1, 0.15) is 26.7 Å². The summed E-state index contributed by atoms with van der Waals surface area (Å²) in [4.78, 5) is 21.9. The summed E-state index contributed by atoms with van der Waals surface area (Å²) in [6.07, 6.45) is 1.31. The Bertz CT molecular complexity index is 227. The molecule has 0 saturated carbocycles. The average molecular weight is 332 g/mol. The van der Waals surface area contributed by atoms with Crippen LogP contribution in [0.2, 0.25) is 0 Å². The standard InChI is InChI=1S/C8H12Br2O4/c1-3-4-5(2)14-7(13)8(9,10)6(11)12/h5H,3-4H2,1-2H3,(H,11,12). The molecule has 0 aliphatic heterocycles. The van der Waals surface area contributed by atoms with Crippen molar-refractivity contribution >= 4 is 43.8 Å². The number of carbonyl (C=O) groups is 2. The van der Waals surface area contributed by atoms with Crippen molar-refractivity contribution in [2.75, 3.05) is 0 Å². The Morgan fingerprint density at radius 1 is 1.50 bits per heavy atom. The lowest BCUT2D eigenvalue weighted by atomic mass is 10.2. The van der Waals surface area contributed by atoms with Gasteiger partial charge in [0, 0.05) is 0 Å². The number of alkyl halides is 2. The van der Waals surface area contributed by atoms with Gasteiger partial charge in [0.2, 0.25) is 0 Å². The summed E-state index contributed by atoms with van der Waals surface area (Å²) in [6.45, 7) is 3.68. The van der Waals surface area contributed by atoms with Crippen LogP contribution in [0.15, 0.2) is 0 Å². The van der Waals surface area contributed by atoms with Crippen molar-refractivity contribution in [3.8, 4) is 0 Å². The number of ether oxygens (including phenoxy) is 1. The molecule has 0 aromatic heterocycles. The highest BCUT2D eigenvalue weighted by atomic mass is 79.9. The van der Waals surface area contributed by atoms with E-state index < -0.39 is 15.2 Å². The van der Waals surface area contributed by atoms with E-state index in [4.69, 9.17) is 9.84 Å². The second kappa shape index (κ2) is 5.70. The molecule has 0 bridgehead atoms. The number of halogens is 2. The minimum Gasteiger partial charge on any atom is -0.479 e. The number of hydrogen-bond donors (Lipinski definition) is 1. The van der Waals surface area contributed by atoms with Crippen LogP contribution in [0, 0.1) is 0 Å². The van der Waals surface area contributed by atoms with Gasteiger partial charge in [0.1, 0.15) is 0 Å². The van der Waals surface area contributed by atoms with Gasteiger partial charge in [-0.1, -0.05) is 13.3 Å². The third-order valence-corrected chi connectivity index (χ3v) is 2.85. The molecule has 14 heavy (non-hydrogen) atoms. The number of carboxylic acids is 1. The second-order valence-corrected chi connectivity index (χ2v) is 6.33. The van der Waals surface area contributed by atoms with Gasteiger partial charge in [-0.15, -0.1) is 0 Å². The second-order valence-electron chi connectivity index (χ2n) is 2.88. The number of carboxylic acid groups (broad SMARTS) is 1. The Balaban J connectivity index is 4.27. The summed E-state index contributed by atoms with van der Waals surface area (Å²) >= 11 is 5.47. The first kappa shape index (κ1) is 13.9. The monoisotopic (exact) mass is 330 g/mol. The summed E-state index contributed by atoms with van der Waals surface area (Å²) in [7, 11) is 0. The first-order valence-electron chi connectivity index (χ1n) is 4.14. The van der Waals surface area contributed by atoms with Crippen molar-refractivity contribution in [1.82, 2.24) is 0 Å². The van der Waals surface area contributed by atoms with Crippen LogP contribution < -0.4 is 0 Å². The molecule has 6 heteroatoms. The highest BCUT2D eigenvalue weighted by molar-refractivity contribution is 9.26. The van der Waals surface area contributed by atoms with Crippen LogP contribution in [-0.4, -0.2) is 26.4 Å². The normalized spacial score (nSPS) is 13.4. The van der Waals surface area contributed by atoms with Crippen molar-refractivity contribution < 1.29 is 19.4 Å². The lowest BCUT2D eigenvalue weighted by Gasteiger charge is -2.18. The molecular formula is C8H12Br2O4. The molecule has 0 amide bonds. The van der Waals surface area contributed by atoms with Gasteiger partial charge in [0.25, 0.3) is 3.23 Å². The largest absolute Gasteiger partial charge is 0.479 e. The van der Waals surface area contributed by atoms with Gasteiger partial charge in [-0.3, -0.25) is 0 Å². The molecule has 1 atom stereocenters. The van der Waals surface area contributed by atoms with Crippen molar-refractivity contribution in [3.05, 3.63) is 0 Å². The number of rotatable bonds is 5. The maximum atomic E-state index is 11.3. The van der Waals surface area contributed by atoms with Crippen LogP contribution in [0.3, 0.4) is 0 Å². The Labute approximate surface area is 99.3 Å². The number of carbonyl (C=O) groups excluding carboxylic acids is 1. The van der Waals surface area contributed by atoms with Gasteiger partial charge in [0.05, 0.1) is 6.10 Å². The van der Waals surface area contributed by atoms with Gasteiger partial charge < -0.3 is 9.84 Å². The van der Waals surface area contributed by atoms with Crippen molar-refractivity contribution in [2.45, 2.75) is 36.0 Å². The average Bonchev–Trinajstić information content (AvgIpc) is 2.03. The minimum atomic E-state index is -1.83. The summed E-state index contributed by atoms with van der Waals surface area (Å²) in [5, 5.41) is 8.66. The fourth-order valence-electron chi connectivity index (χ4n) is 0.809. The van der Waals surface area contributed by atoms with E-state index >= 15 is 0 Å². The van der Waals surface area contributed by atoms with E-state index in [9.17, 15) is 9.59 Å². The Morgan fingerprint density at radius 2 is 2.00 bits per heavy atom. The maximum absolute atomic E-state index is 11.3. The van der Waals surface area contributed by atoms with Crippen molar-refractivity contribution in [3.63, 3.8) is 0 Å². The predicted molar refractivity (Wildman–Crippen MR) is 58.7 cm³/mol. The molecule has 0 fully saturated rings. The molecule has 0 aliphatic carbocycles. The number of esters is 1. The highest BCUT2D eigenvalue weighted by Crippen LogP contribution is 2.28. The van der Waals surface area contributed by atoms with E-state index in [-0.39, 0.29) is 6.10 Å². The predicted octanol–water partition coefficient (Wildman–Crippen LogP) is 2.29. The third-order valence-electron chi connectivity index (χ3n) is 1.53. The molecule has 1 N–H and O–H groups in total. The molecule has 0 aromatic rings. The van der Waals surface area contributed by atoms with E-state index in [1.807, 2.05) is 6.92 Å². The first-order valence-corrected chi connectivity index (χ1v) is 5.73. The zero-order valence-corrected chi connectivity index (χ0v) is 11.1. The smallest absolute Gasteiger partial charge is 0.345 e. The minimum absolute atomic E-state index is 0.277. The SMILES string of the molecule is CCCC(C)OC(=O)C(Br)(Br)C(=O)O. The van der Waals surface area contributed by atoms with E-state index in [0.29, 0.717) is 6.42 Å². The van der Waals surface area contributed by atoms with Crippen LogP contribution >= 0.6 is 31.9 Å². The zero-order valence-electron chi connectivity index (χ0n) is 7.92. The molecule has 0 aliphatic rings. The van der Waals surface area contributed by atoms with Crippen LogP contribution in [-0.2, 0) is 14.3 Å². The summed E-state index contributed by atoms with van der Waals surface area (Å²) in [6, 6.07) is 0. The molecule has 82 valence electrons. The van der Waals surface area contributed by atoms with Crippen LogP contribution in [0.5, 0.6) is 0 Å². The Hall–Kier alpha value is -0.100. The number of hydrogen-bond acceptors (Lipinski definition) is 3. The van der Waals surface area contributed by atoms with Gasteiger partial charge in [0.15, 0.2) is 0 Å². The van der Waals surface area contributed by atoms with Gasteiger partial charge in [-0.05, 0) is 45.2 Å². The molecule has 4 nitrogen and oxygen atoms in total. The van der Waals surface area contributed by atoms with Gasteiger partial charge in [-0.2, -0.15) is 0 Å². The maximum Gasteiger partial charge on any atom is 0.345 e. The molecule has 0 radical (unpaired) electrons. The van der Waals surface area contributed by atoms with Gasteiger partial charge in [-0.25, -0.2) is 9.59 Å². The van der Waals surface area contributed by atoms with E-state index in [1.54, 1.807) is 6.92 Å². The third kappa shape index (κ3) is 3.96. The van der Waals surface area contributed by atoms with Crippen molar-refractivity contribution in [2.24, 2.45) is 0 Å². The topological polar surface area (TPSA) is 63.6 Å². The van der Waals surface area contributed by atoms with Crippen molar-refractivity contribution in [1.29, 1.82) is 0 Å². The Morgan fingerprint density at radius 3 is 2.36 bits per heavy atom. The van der Waals surface area contributed by atoms with Gasteiger partial charge >= 0.3 is 11.9 Å². The lowest BCUT2D eigenvalue weighted by Crippen LogP contribution is -2.37. The van der Waals surface area contributed by atoms with E-state index in [0.717, 1.165) is 6.42 Å². The van der Waals surface area contributed by atoms with E-state index in [1.165, 1.54) is 0 Å². The fraction of sp³-hybridized carbons (Fsp3) is 0.750. The molecule has 0 rings (SSSR count). The molecule has 0 heterocycles. The molecular weight excluding hydrogens is 320 g/mol. The van der Waals surface area contributed by atoms with E-state index in [2.05, 4.69) is 31.9 Å². The fourth-order valence-corrected chi connectivity index (χ4v) is 0.996. The molecule has 0 saturated heterocycles. The summed E-state index contributed by atoms with van der Waals surface area (Å²) < 4.78 is 3.07. The quantitative estimate of drug-likeness (QED) is 0.477. The highest BCUT2D eigenvalue weighted by Gasteiger charge is 2.43. The number of aliphatic carboxylic acids is 1. The molecule has 1 unspecified atom stereocenters. The summed E-state index contributed by atoms with van der Waals surface area (Å²) in [5.74, 6) is -2.17.